The summed E-state index contributed by atoms with van der Waals surface area (Å²) in [6.45, 7) is 0.392. The van der Waals surface area contributed by atoms with E-state index >= 15 is 0 Å². The van der Waals surface area contributed by atoms with Crippen molar-refractivity contribution in [2.24, 2.45) is 0 Å². The Balaban J connectivity index is 1.40. The van der Waals surface area contributed by atoms with Gasteiger partial charge in [0, 0.05) is 17.1 Å². The number of benzene rings is 2. The molecule has 5 atom stereocenters. The van der Waals surface area contributed by atoms with E-state index in [4.69, 9.17) is 18.9 Å². The van der Waals surface area contributed by atoms with Crippen LogP contribution in [-0.2, 0) is 17.6 Å². The number of aromatic nitrogens is 1. The molecule has 1 saturated heterocycles. The van der Waals surface area contributed by atoms with Crippen molar-refractivity contribution in [3.05, 3.63) is 53.7 Å². The number of hydrogen-bond acceptors (Lipinski definition) is 9. The number of ether oxygens (including phenoxy) is 4. The fourth-order valence-electron chi connectivity index (χ4n) is 4.40. The molecule has 0 bridgehead atoms. The maximum absolute atomic E-state index is 10.9. The van der Waals surface area contributed by atoms with Crippen molar-refractivity contribution in [2.45, 2.75) is 43.2 Å². The van der Waals surface area contributed by atoms with Crippen molar-refractivity contribution in [1.29, 1.82) is 0 Å². The summed E-state index contributed by atoms with van der Waals surface area (Å²) < 4.78 is 22.0. The highest BCUT2D eigenvalue weighted by Crippen LogP contribution is 2.37. The summed E-state index contributed by atoms with van der Waals surface area (Å²) in [6.07, 6.45) is -3.72. The number of aliphatic hydroxyl groups excluding tert-OH is 4. The third-order valence-electron chi connectivity index (χ3n) is 6.28. The van der Waals surface area contributed by atoms with Crippen LogP contribution in [0.5, 0.6) is 17.2 Å². The summed E-state index contributed by atoms with van der Waals surface area (Å²) in [7, 11) is 0. The Morgan fingerprint density at radius 1 is 1.03 bits per heavy atom. The van der Waals surface area contributed by atoms with E-state index in [0.717, 1.165) is 22.4 Å². The maximum atomic E-state index is 10.9. The molecule has 0 radical (unpaired) electrons. The molecule has 1 fully saturated rings. The lowest BCUT2D eigenvalue weighted by Crippen LogP contribution is -2.69. The Morgan fingerprint density at radius 2 is 1.82 bits per heavy atom. The van der Waals surface area contributed by atoms with Crippen LogP contribution in [0.25, 0.3) is 10.9 Å². The molecule has 0 spiro atoms. The van der Waals surface area contributed by atoms with Crippen LogP contribution in [0.3, 0.4) is 0 Å². The lowest BCUT2D eigenvalue weighted by molar-refractivity contribution is -0.385. The van der Waals surface area contributed by atoms with E-state index in [2.05, 4.69) is 4.98 Å². The molecule has 3 heterocycles. The van der Waals surface area contributed by atoms with Gasteiger partial charge in [-0.05, 0) is 48.2 Å². The standard InChI is InChI=1S/C24H27NO9/c26-12-19-21(27)22(28)24(30,23(29)33-19)34-17-3-1-2-15-20(17)14(11-25-15)6-4-13-5-7-16-18(10-13)32-9-8-31-16/h1-3,5,7,10-11,19,21-23,25-30H,4,6,8-9,12H2/t19-,21-,22+,23-,24+/m1/s1. The van der Waals surface area contributed by atoms with Gasteiger partial charge in [-0.2, -0.15) is 0 Å². The fraction of sp³-hybridized carbons (Fsp3) is 0.417. The van der Waals surface area contributed by atoms with Crippen molar-refractivity contribution in [3.63, 3.8) is 0 Å². The Hall–Kier alpha value is -2.86. The van der Waals surface area contributed by atoms with Crippen molar-refractivity contribution in [3.8, 4) is 17.2 Å². The summed E-state index contributed by atoms with van der Waals surface area (Å²) >= 11 is 0. The van der Waals surface area contributed by atoms with Gasteiger partial charge in [0.2, 0.25) is 6.29 Å². The molecular weight excluding hydrogens is 446 g/mol. The first-order chi connectivity index (χ1) is 16.4. The number of fused-ring (bicyclic) bond motifs is 2. The van der Waals surface area contributed by atoms with Gasteiger partial charge in [-0.3, -0.25) is 0 Å². The van der Waals surface area contributed by atoms with Crippen LogP contribution in [0.2, 0.25) is 0 Å². The number of aliphatic hydroxyl groups is 5. The summed E-state index contributed by atoms with van der Waals surface area (Å²) in [4.78, 5) is 3.17. The second-order valence-electron chi connectivity index (χ2n) is 8.47. The number of nitrogens with one attached hydrogen (secondary N) is 1. The predicted molar refractivity (Wildman–Crippen MR) is 119 cm³/mol. The smallest absolute Gasteiger partial charge is 0.288 e. The molecule has 10 nitrogen and oxygen atoms in total. The van der Waals surface area contributed by atoms with E-state index in [1.165, 1.54) is 0 Å². The molecule has 5 rings (SSSR count). The Kier molecular flexibility index (Phi) is 6.11. The highest BCUT2D eigenvalue weighted by molar-refractivity contribution is 5.89. The van der Waals surface area contributed by atoms with Crippen LogP contribution >= 0.6 is 0 Å². The van der Waals surface area contributed by atoms with Gasteiger partial charge in [0.15, 0.2) is 17.6 Å². The van der Waals surface area contributed by atoms with Gasteiger partial charge >= 0.3 is 0 Å². The van der Waals surface area contributed by atoms with Gasteiger partial charge < -0.3 is 49.5 Å². The molecule has 0 aliphatic carbocycles. The van der Waals surface area contributed by atoms with E-state index in [-0.39, 0.29) is 5.75 Å². The van der Waals surface area contributed by atoms with E-state index < -0.39 is 37.0 Å². The van der Waals surface area contributed by atoms with Crippen LogP contribution < -0.4 is 14.2 Å². The Morgan fingerprint density at radius 3 is 2.62 bits per heavy atom. The van der Waals surface area contributed by atoms with E-state index in [9.17, 15) is 25.5 Å². The summed E-state index contributed by atoms with van der Waals surface area (Å²) in [6, 6.07) is 10.9. The van der Waals surface area contributed by atoms with Gasteiger partial charge in [0.05, 0.1) is 6.61 Å². The SMILES string of the molecule is OC[C@H]1O[C@@H](O)[C@@](O)(Oc2cccc3[nH]cc(CCc4ccc5c(c4)OCCO5)c23)[C@@H](O)[C@@H]1O. The lowest BCUT2D eigenvalue weighted by atomic mass is 9.95. The first-order valence-corrected chi connectivity index (χ1v) is 11.1. The van der Waals surface area contributed by atoms with Crippen LogP contribution in [0.1, 0.15) is 11.1 Å². The Bertz CT molecular complexity index is 1160. The van der Waals surface area contributed by atoms with Crippen molar-refractivity contribution >= 4 is 10.9 Å². The highest BCUT2D eigenvalue weighted by Gasteiger charge is 2.57. The molecule has 10 heteroatoms. The first kappa shape index (κ1) is 22.9. The zero-order valence-corrected chi connectivity index (χ0v) is 18.3. The second-order valence-corrected chi connectivity index (χ2v) is 8.47. The number of rotatable bonds is 6. The number of aromatic amines is 1. The van der Waals surface area contributed by atoms with Crippen LogP contribution in [0, 0.1) is 0 Å². The lowest BCUT2D eigenvalue weighted by Gasteiger charge is -2.45. The van der Waals surface area contributed by atoms with E-state index in [0.29, 0.717) is 37.2 Å². The molecule has 0 unspecified atom stereocenters. The van der Waals surface area contributed by atoms with Crippen LogP contribution in [0.4, 0.5) is 0 Å². The first-order valence-electron chi connectivity index (χ1n) is 11.1. The zero-order chi connectivity index (χ0) is 23.9. The van der Waals surface area contributed by atoms with Crippen LogP contribution in [-0.4, -0.2) is 80.7 Å². The maximum Gasteiger partial charge on any atom is 0.288 e. The zero-order valence-electron chi connectivity index (χ0n) is 18.3. The van der Waals surface area contributed by atoms with Gasteiger partial charge in [-0.1, -0.05) is 12.1 Å². The molecule has 6 N–H and O–H groups in total. The molecule has 0 amide bonds. The van der Waals surface area contributed by atoms with Crippen molar-refractivity contribution in [2.75, 3.05) is 19.8 Å². The summed E-state index contributed by atoms with van der Waals surface area (Å²) in [5, 5.41) is 51.8. The minimum atomic E-state index is -2.65. The predicted octanol–water partition coefficient (Wildman–Crippen LogP) is 0.223. The van der Waals surface area contributed by atoms with E-state index in [1.54, 1.807) is 12.1 Å². The number of hydrogen-bond donors (Lipinski definition) is 6. The number of aryl methyl sites for hydroxylation is 2. The van der Waals surface area contributed by atoms with Crippen LogP contribution in [0.15, 0.2) is 42.6 Å². The monoisotopic (exact) mass is 473 g/mol. The average Bonchev–Trinajstić information content (AvgIpc) is 3.28. The molecule has 2 aromatic carbocycles. The molecule has 34 heavy (non-hydrogen) atoms. The normalized spacial score (nSPS) is 28.7. The van der Waals surface area contributed by atoms with Gasteiger partial charge in [-0.25, -0.2) is 0 Å². The van der Waals surface area contributed by atoms with Crippen molar-refractivity contribution < 1.29 is 44.5 Å². The third-order valence-corrected chi connectivity index (χ3v) is 6.28. The van der Waals surface area contributed by atoms with Crippen molar-refractivity contribution in [1.82, 2.24) is 4.98 Å². The highest BCUT2D eigenvalue weighted by atomic mass is 16.7. The molecular formula is C24H27NO9. The topological polar surface area (TPSA) is 154 Å². The molecule has 3 aromatic rings. The fourth-order valence-corrected chi connectivity index (χ4v) is 4.40. The Labute approximate surface area is 194 Å². The molecule has 0 saturated carbocycles. The molecule has 1 aromatic heterocycles. The minimum Gasteiger partial charge on any atom is -0.486 e. The largest absolute Gasteiger partial charge is 0.486 e. The molecule has 182 valence electrons. The quantitative estimate of drug-likeness (QED) is 0.276. The summed E-state index contributed by atoms with van der Waals surface area (Å²) in [5.74, 6) is -1.02. The van der Waals surface area contributed by atoms with Gasteiger partial charge in [0.1, 0.15) is 31.2 Å². The van der Waals surface area contributed by atoms with Gasteiger partial charge in [0.25, 0.3) is 5.79 Å². The second kappa shape index (κ2) is 9.06. The average molecular weight is 473 g/mol. The summed E-state index contributed by atoms with van der Waals surface area (Å²) in [5.41, 5.74) is 2.67. The number of H-pyrrole nitrogens is 1. The van der Waals surface area contributed by atoms with E-state index in [1.807, 2.05) is 30.5 Å². The molecule has 2 aliphatic rings. The minimum absolute atomic E-state index is 0.190. The molecule has 2 aliphatic heterocycles. The third kappa shape index (κ3) is 3.98. The van der Waals surface area contributed by atoms with Gasteiger partial charge in [-0.15, -0.1) is 0 Å².